The van der Waals surface area contributed by atoms with E-state index in [9.17, 15) is 14.7 Å². The van der Waals surface area contributed by atoms with E-state index in [0.717, 1.165) is 32.2 Å². The van der Waals surface area contributed by atoms with Crippen LogP contribution in [0.1, 0.15) is 38.5 Å². The lowest BCUT2D eigenvalue weighted by atomic mass is 9.97. The van der Waals surface area contributed by atoms with Gasteiger partial charge < -0.3 is 15.7 Å². The van der Waals surface area contributed by atoms with E-state index < -0.39 is 11.5 Å². The number of nitrogens with one attached hydrogen (secondary N) is 2. The van der Waals surface area contributed by atoms with Crippen LogP contribution in [-0.4, -0.2) is 35.1 Å². The van der Waals surface area contributed by atoms with Gasteiger partial charge in [0.05, 0.1) is 6.04 Å². The Bertz CT molecular complexity index is 292. The second-order valence-electron chi connectivity index (χ2n) is 4.73. The van der Waals surface area contributed by atoms with Gasteiger partial charge in [-0.15, -0.1) is 0 Å². The highest BCUT2D eigenvalue weighted by molar-refractivity contribution is 5.90. The SMILES string of the molecule is O=C(NC1(C(=O)O)CCCC1)[C@H]1CCCN1. The number of rotatable bonds is 3. The Labute approximate surface area is 94.6 Å². The molecule has 1 saturated heterocycles. The summed E-state index contributed by atoms with van der Waals surface area (Å²) < 4.78 is 0. The Morgan fingerprint density at radius 2 is 1.94 bits per heavy atom. The summed E-state index contributed by atoms with van der Waals surface area (Å²) in [6, 6.07) is -0.197. The Kier molecular flexibility index (Phi) is 3.14. The molecule has 0 aromatic carbocycles. The predicted octanol–water partition coefficient (Wildman–Crippen LogP) is 0.252. The molecule has 2 aliphatic rings. The number of carbonyl (C=O) groups excluding carboxylic acids is 1. The molecule has 1 saturated carbocycles. The van der Waals surface area contributed by atoms with Gasteiger partial charge in [-0.25, -0.2) is 4.79 Å². The number of hydrogen-bond acceptors (Lipinski definition) is 3. The average Bonchev–Trinajstić information content (AvgIpc) is 2.88. The Hall–Kier alpha value is -1.10. The molecule has 1 aliphatic heterocycles. The quantitative estimate of drug-likeness (QED) is 0.644. The second-order valence-corrected chi connectivity index (χ2v) is 4.73. The average molecular weight is 226 g/mol. The lowest BCUT2D eigenvalue weighted by Gasteiger charge is -2.26. The van der Waals surface area contributed by atoms with Crippen LogP contribution in [0.25, 0.3) is 0 Å². The van der Waals surface area contributed by atoms with Gasteiger partial charge in [0.2, 0.25) is 5.91 Å². The summed E-state index contributed by atoms with van der Waals surface area (Å²) in [5, 5.41) is 15.0. The summed E-state index contributed by atoms with van der Waals surface area (Å²) in [7, 11) is 0. The van der Waals surface area contributed by atoms with E-state index in [1.165, 1.54) is 0 Å². The van der Waals surface area contributed by atoms with Gasteiger partial charge in [-0.3, -0.25) is 4.79 Å². The summed E-state index contributed by atoms with van der Waals surface area (Å²) in [4.78, 5) is 23.1. The Morgan fingerprint density at radius 3 is 2.44 bits per heavy atom. The van der Waals surface area contributed by atoms with Crippen molar-refractivity contribution in [1.29, 1.82) is 0 Å². The van der Waals surface area contributed by atoms with Crippen LogP contribution in [0.2, 0.25) is 0 Å². The van der Waals surface area contributed by atoms with E-state index in [1.807, 2.05) is 0 Å². The fourth-order valence-corrected chi connectivity index (χ4v) is 2.60. The smallest absolute Gasteiger partial charge is 0.329 e. The van der Waals surface area contributed by atoms with E-state index in [1.54, 1.807) is 0 Å². The zero-order chi connectivity index (χ0) is 11.6. The normalized spacial score (nSPS) is 27.9. The van der Waals surface area contributed by atoms with Gasteiger partial charge in [-0.1, -0.05) is 12.8 Å². The molecule has 16 heavy (non-hydrogen) atoms. The molecular formula is C11H18N2O3. The van der Waals surface area contributed by atoms with E-state index in [0.29, 0.717) is 12.8 Å². The second kappa shape index (κ2) is 4.41. The third-order valence-electron chi connectivity index (χ3n) is 3.61. The van der Waals surface area contributed by atoms with Crippen LogP contribution < -0.4 is 10.6 Å². The van der Waals surface area contributed by atoms with Crippen molar-refractivity contribution in [2.75, 3.05) is 6.54 Å². The minimum absolute atomic E-state index is 0.151. The van der Waals surface area contributed by atoms with Gasteiger partial charge in [0.25, 0.3) is 0 Å². The van der Waals surface area contributed by atoms with Gasteiger partial charge in [-0.05, 0) is 32.2 Å². The molecule has 1 aliphatic carbocycles. The minimum atomic E-state index is -0.999. The Balaban J connectivity index is 2.00. The molecule has 1 amide bonds. The van der Waals surface area contributed by atoms with E-state index >= 15 is 0 Å². The van der Waals surface area contributed by atoms with Crippen molar-refractivity contribution >= 4 is 11.9 Å². The molecule has 0 aromatic heterocycles. The standard InChI is InChI=1S/C11H18N2O3/c14-9(8-4-3-7-12-8)13-11(10(15)16)5-1-2-6-11/h8,12H,1-7H2,(H,13,14)(H,15,16)/t8-/m1/s1. The molecule has 0 radical (unpaired) electrons. The zero-order valence-electron chi connectivity index (χ0n) is 9.29. The van der Waals surface area contributed by atoms with Crippen LogP contribution in [0, 0.1) is 0 Å². The molecule has 0 unspecified atom stereocenters. The van der Waals surface area contributed by atoms with Crippen molar-refractivity contribution in [2.45, 2.75) is 50.1 Å². The topological polar surface area (TPSA) is 78.4 Å². The monoisotopic (exact) mass is 226 g/mol. The van der Waals surface area contributed by atoms with Crippen molar-refractivity contribution in [3.8, 4) is 0 Å². The first-order valence-electron chi connectivity index (χ1n) is 5.93. The number of carboxylic acid groups (broad SMARTS) is 1. The maximum Gasteiger partial charge on any atom is 0.329 e. The first-order valence-corrected chi connectivity index (χ1v) is 5.93. The first-order chi connectivity index (χ1) is 7.64. The van der Waals surface area contributed by atoms with Gasteiger partial charge in [-0.2, -0.15) is 0 Å². The molecular weight excluding hydrogens is 208 g/mol. The lowest BCUT2D eigenvalue weighted by Crippen LogP contribution is -2.56. The van der Waals surface area contributed by atoms with Gasteiger partial charge in [0, 0.05) is 0 Å². The molecule has 1 heterocycles. The highest BCUT2D eigenvalue weighted by atomic mass is 16.4. The molecule has 5 nitrogen and oxygen atoms in total. The number of aliphatic carboxylic acids is 1. The minimum Gasteiger partial charge on any atom is -0.480 e. The van der Waals surface area contributed by atoms with Crippen LogP contribution in [0.4, 0.5) is 0 Å². The van der Waals surface area contributed by atoms with E-state index in [-0.39, 0.29) is 11.9 Å². The van der Waals surface area contributed by atoms with Crippen molar-refractivity contribution in [1.82, 2.24) is 10.6 Å². The summed E-state index contributed by atoms with van der Waals surface area (Å²) in [6.07, 6.45) is 4.66. The molecule has 90 valence electrons. The fraction of sp³-hybridized carbons (Fsp3) is 0.818. The van der Waals surface area contributed by atoms with Crippen LogP contribution in [-0.2, 0) is 9.59 Å². The molecule has 5 heteroatoms. The highest BCUT2D eigenvalue weighted by Crippen LogP contribution is 2.30. The van der Waals surface area contributed by atoms with Gasteiger partial charge in [0.15, 0.2) is 0 Å². The largest absolute Gasteiger partial charge is 0.480 e. The molecule has 0 aromatic rings. The summed E-state index contributed by atoms with van der Waals surface area (Å²) >= 11 is 0. The van der Waals surface area contributed by atoms with Crippen molar-refractivity contribution < 1.29 is 14.7 Å². The Morgan fingerprint density at radius 1 is 1.25 bits per heavy atom. The highest BCUT2D eigenvalue weighted by Gasteiger charge is 2.43. The van der Waals surface area contributed by atoms with E-state index in [4.69, 9.17) is 0 Å². The molecule has 2 rings (SSSR count). The van der Waals surface area contributed by atoms with Gasteiger partial charge >= 0.3 is 5.97 Å². The predicted molar refractivity (Wildman–Crippen MR) is 58.0 cm³/mol. The first kappa shape index (κ1) is 11.4. The summed E-state index contributed by atoms with van der Waals surface area (Å²) in [5.41, 5.74) is -0.999. The van der Waals surface area contributed by atoms with Crippen molar-refractivity contribution in [2.24, 2.45) is 0 Å². The molecule has 0 spiro atoms. The van der Waals surface area contributed by atoms with Crippen molar-refractivity contribution in [3.05, 3.63) is 0 Å². The summed E-state index contributed by atoms with van der Waals surface area (Å²) in [6.45, 7) is 0.845. The number of amides is 1. The third kappa shape index (κ3) is 2.04. The molecule has 1 atom stereocenters. The number of carboxylic acids is 1. The van der Waals surface area contributed by atoms with Crippen molar-refractivity contribution in [3.63, 3.8) is 0 Å². The molecule has 2 fully saturated rings. The maximum absolute atomic E-state index is 11.9. The lowest BCUT2D eigenvalue weighted by molar-refractivity contribution is -0.147. The van der Waals surface area contributed by atoms with Crippen LogP contribution in [0.3, 0.4) is 0 Å². The fourth-order valence-electron chi connectivity index (χ4n) is 2.60. The molecule has 3 N–H and O–H groups in total. The van der Waals surface area contributed by atoms with E-state index in [2.05, 4.69) is 10.6 Å². The van der Waals surface area contributed by atoms with Crippen LogP contribution in [0.15, 0.2) is 0 Å². The maximum atomic E-state index is 11.9. The van der Waals surface area contributed by atoms with Gasteiger partial charge in [0.1, 0.15) is 5.54 Å². The third-order valence-corrected chi connectivity index (χ3v) is 3.61. The summed E-state index contributed by atoms with van der Waals surface area (Å²) in [5.74, 6) is -1.04. The van der Waals surface area contributed by atoms with Crippen LogP contribution >= 0.6 is 0 Å². The zero-order valence-corrected chi connectivity index (χ0v) is 9.29. The number of hydrogen-bond donors (Lipinski definition) is 3. The molecule has 0 bridgehead atoms. The van der Waals surface area contributed by atoms with Crippen LogP contribution in [0.5, 0.6) is 0 Å². The number of carbonyl (C=O) groups is 2.